The van der Waals surface area contributed by atoms with Gasteiger partial charge in [0.2, 0.25) is 0 Å². The highest BCUT2D eigenvalue weighted by atomic mass is 14.6. The molecule has 0 aromatic heterocycles. The van der Waals surface area contributed by atoms with Crippen molar-refractivity contribution in [2.75, 3.05) is 0 Å². The number of unbranched alkanes of at least 4 members (excludes halogenated alkanes) is 4. The molecule has 0 aliphatic heterocycles. The maximum Gasteiger partial charge on any atom is 0.0184 e. The summed E-state index contributed by atoms with van der Waals surface area (Å²) in [4.78, 5) is 0. The number of rotatable bonds is 7. The van der Waals surface area contributed by atoms with Crippen LogP contribution >= 0.6 is 0 Å². The third-order valence-electron chi connectivity index (χ3n) is 1.80. The summed E-state index contributed by atoms with van der Waals surface area (Å²) in [5.74, 6) is 0. The lowest BCUT2D eigenvalue weighted by atomic mass is 10.1. The Morgan fingerprint density at radius 3 is 2.45 bits per heavy atom. The van der Waals surface area contributed by atoms with E-state index in [1.54, 1.807) is 0 Å². The van der Waals surface area contributed by atoms with E-state index in [1.807, 2.05) is 13.0 Å². The van der Waals surface area contributed by atoms with Crippen molar-refractivity contribution in [1.82, 2.24) is 5.73 Å². The number of allylic oxidation sites excluding steroid dienone is 1. The molecule has 0 heterocycles. The van der Waals surface area contributed by atoms with Gasteiger partial charge < -0.3 is 0 Å². The van der Waals surface area contributed by atoms with Gasteiger partial charge in [-0.25, -0.2) is 0 Å². The normalized spacial score (nSPS) is 12.9. The van der Waals surface area contributed by atoms with Gasteiger partial charge in [0.25, 0.3) is 0 Å². The molecule has 1 heteroatoms. The van der Waals surface area contributed by atoms with Crippen molar-refractivity contribution in [2.24, 2.45) is 0 Å². The van der Waals surface area contributed by atoms with Gasteiger partial charge in [-0.05, 0) is 26.2 Å². The Labute approximate surface area is 70.7 Å². The molecule has 1 atom stereocenters. The van der Waals surface area contributed by atoms with E-state index in [0.29, 0.717) is 0 Å². The van der Waals surface area contributed by atoms with E-state index in [1.165, 1.54) is 25.7 Å². The smallest absolute Gasteiger partial charge is 0.0184 e. The summed E-state index contributed by atoms with van der Waals surface area (Å²) in [6.45, 7) is 5.64. The molecule has 1 unspecified atom stereocenters. The van der Waals surface area contributed by atoms with Crippen molar-refractivity contribution in [3.05, 3.63) is 12.7 Å². The fourth-order valence-corrected chi connectivity index (χ4v) is 1.09. The Morgan fingerprint density at radius 2 is 1.91 bits per heavy atom. The topological polar surface area (TPSA) is 23.8 Å². The molecule has 11 heavy (non-hydrogen) atoms. The molecule has 0 bridgehead atoms. The summed E-state index contributed by atoms with van der Waals surface area (Å²) in [6.07, 6.45) is 9.28. The van der Waals surface area contributed by atoms with Crippen molar-refractivity contribution >= 4 is 0 Å². The van der Waals surface area contributed by atoms with E-state index in [9.17, 15) is 0 Å². The van der Waals surface area contributed by atoms with Crippen LogP contribution in [0.25, 0.3) is 0 Å². The zero-order valence-corrected chi connectivity index (χ0v) is 7.60. The number of hydrogen-bond donors (Lipinski definition) is 0. The largest absolute Gasteiger partial charge is 0.255 e. The first-order valence-corrected chi connectivity index (χ1v) is 4.59. The first-order chi connectivity index (χ1) is 5.27. The standard InChI is InChI=1S/C10H20N/c1-3-4-5-6-7-8-9-10(2)11/h3,10-11H,1,4-9H2,2H3. The van der Waals surface area contributed by atoms with E-state index in [2.05, 4.69) is 6.58 Å². The maximum absolute atomic E-state index is 7.28. The van der Waals surface area contributed by atoms with Crippen molar-refractivity contribution in [3.8, 4) is 0 Å². The van der Waals surface area contributed by atoms with Crippen LogP contribution in [0, 0.1) is 0 Å². The molecule has 0 spiro atoms. The van der Waals surface area contributed by atoms with E-state index >= 15 is 0 Å². The molecular formula is C10H20N. The zero-order valence-electron chi connectivity index (χ0n) is 7.60. The van der Waals surface area contributed by atoms with Gasteiger partial charge in [0.05, 0.1) is 0 Å². The molecular weight excluding hydrogens is 134 g/mol. The van der Waals surface area contributed by atoms with Gasteiger partial charge in [0.1, 0.15) is 0 Å². The van der Waals surface area contributed by atoms with Crippen molar-refractivity contribution in [1.29, 1.82) is 0 Å². The number of nitrogens with one attached hydrogen (secondary N) is 1. The fraction of sp³-hybridized carbons (Fsp3) is 0.800. The molecule has 0 saturated heterocycles. The van der Waals surface area contributed by atoms with Gasteiger partial charge in [-0.1, -0.05) is 25.3 Å². The van der Waals surface area contributed by atoms with Gasteiger partial charge >= 0.3 is 0 Å². The average Bonchev–Trinajstić information content (AvgIpc) is 1.96. The van der Waals surface area contributed by atoms with Crippen molar-refractivity contribution < 1.29 is 0 Å². The van der Waals surface area contributed by atoms with Crippen LogP contribution in [-0.4, -0.2) is 6.04 Å². The van der Waals surface area contributed by atoms with Crippen molar-refractivity contribution in [2.45, 2.75) is 51.5 Å². The first kappa shape index (κ1) is 10.7. The van der Waals surface area contributed by atoms with E-state index < -0.39 is 0 Å². The molecule has 0 aliphatic carbocycles. The van der Waals surface area contributed by atoms with Crippen LogP contribution in [-0.2, 0) is 0 Å². The Morgan fingerprint density at radius 1 is 1.27 bits per heavy atom. The second-order valence-corrected chi connectivity index (χ2v) is 3.18. The van der Waals surface area contributed by atoms with Crippen LogP contribution in [0.1, 0.15) is 45.4 Å². The second kappa shape index (κ2) is 7.80. The first-order valence-electron chi connectivity index (χ1n) is 4.59. The molecule has 65 valence electrons. The third-order valence-corrected chi connectivity index (χ3v) is 1.80. The van der Waals surface area contributed by atoms with Crippen LogP contribution in [0.3, 0.4) is 0 Å². The molecule has 0 rings (SSSR count). The highest BCUT2D eigenvalue weighted by molar-refractivity contribution is 4.65. The van der Waals surface area contributed by atoms with E-state index in [4.69, 9.17) is 5.73 Å². The molecule has 1 nitrogen and oxygen atoms in total. The molecule has 0 aromatic carbocycles. The van der Waals surface area contributed by atoms with Crippen LogP contribution in [0.15, 0.2) is 12.7 Å². The lowest BCUT2D eigenvalue weighted by molar-refractivity contribution is 0.560. The van der Waals surface area contributed by atoms with Gasteiger partial charge in [0.15, 0.2) is 0 Å². The van der Waals surface area contributed by atoms with Gasteiger partial charge in [-0.15, -0.1) is 6.58 Å². The van der Waals surface area contributed by atoms with E-state index in [0.717, 1.165) is 12.8 Å². The predicted octanol–water partition coefficient (Wildman–Crippen LogP) is 3.18. The van der Waals surface area contributed by atoms with Gasteiger partial charge in [-0.2, -0.15) is 0 Å². The average molecular weight is 154 g/mol. The maximum atomic E-state index is 7.28. The SMILES string of the molecule is C=CCCCCCCC(C)[NH]. The van der Waals surface area contributed by atoms with E-state index in [-0.39, 0.29) is 6.04 Å². The molecule has 0 amide bonds. The predicted molar refractivity (Wildman–Crippen MR) is 50.5 cm³/mol. The van der Waals surface area contributed by atoms with Gasteiger partial charge in [-0.3, -0.25) is 5.73 Å². The second-order valence-electron chi connectivity index (χ2n) is 3.18. The third kappa shape index (κ3) is 9.70. The molecule has 0 aromatic rings. The molecule has 1 radical (unpaired) electrons. The van der Waals surface area contributed by atoms with Crippen molar-refractivity contribution in [3.63, 3.8) is 0 Å². The molecule has 0 saturated carbocycles. The van der Waals surface area contributed by atoms with Crippen LogP contribution in [0.5, 0.6) is 0 Å². The lowest BCUT2D eigenvalue weighted by Gasteiger charge is -2.02. The van der Waals surface area contributed by atoms with Gasteiger partial charge in [0, 0.05) is 6.04 Å². The molecule has 1 N–H and O–H groups in total. The summed E-state index contributed by atoms with van der Waals surface area (Å²) < 4.78 is 0. The Hall–Kier alpha value is -0.300. The quantitative estimate of drug-likeness (QED) is 0.397. The highest BCUT2D eigenvalue weighted by Gasteiger charge is 1.93. The Balaban J connectivity index is 2.85. The van der Waals surface area contributed by atoms with Crippen LogP contribution in [0.4, 0.5) is 0 Å². The summed E-state index contributed by atoms with van der Waals surface area (Å²) in [6, 6.07) is 0.134. The number of hydrogen-bond acceptors (Lipinski definition) is 0. The molecule has 0 aliphatic rings. The monoisotopic (exact) mass is 154 g/mol. The summed E-state index contributed by atoms with van der Waals surface area (Å²) in [5.41, 5.74) is 7.28. The Bertz CT molecular complexity index is 86.9. The fourth-order valence-electron chi connectivity index (χ4n) is 1.09. The summed E-state index contributed by atoms with van der Waals surface area (Å²) in [7, 11) is 0. The minimum Gasteiger partial charge on any atom is -0.255 e. The summed E-state index contributed by atoms with van der Waals surface area (Å²) in [5, 5.41) is 0. The minimum atomic E-state index is 0.134. The minimum absolute atomic E-state index is 0.134. The zero-order chi connectivity index (χ0) is 8.53. The summed E-state index contributed by atoms with van der Waals surface area (Å²) >= 11 is 0. The van der Waals surface area contributed by atoms with Crippen LogP contribution < -0.4 is 5.73 Å². The van der Waals surface area contributed by atoms with Crippen LogP contribution in [0.2, 0.25) is 0 Å². The lowest BCUT2D eigenvalue weighted by Crippen LogP contribution is -2.00. The highest BCUT2D eigenvalue weighted by Crippen LogP contribution is 2.06. The molecule has 0 fully saturated rings. The Kier molecular flexibility index (Phi) is 7.59.